The Balaban J connectivity index is 2.08. The zero-order valence-electron chi connectivity index (χ0n) is 10.4. The molecule has 1 unspecified atom stereocenters. The van der Waals surface area contributed by atoms with E-state index in [1.807, 2.05) is 0 Å². The van der Waals surface area contributed by atoms with Crippen LogP contribution in [0.2, 0.25) is 0 Å². The van der Waals surface area contributed by atoms with Crippen molar-refractivity contribution < 1.29 is 4.57 Å². The second-order valence-corrected chi connectivity index (χ2v) is 7.60. The van der Waals surface area contributed by atoms with E-state index in [9.17, 15) is 4.57 Å². The highest BCUT2D eigenvalue weighted by atomic mass is 31.1. The Kier molecular flexibility index (Phi) is 4.08. The molecule has 1 nitrogen and oxygen atoms in total. The Morgan fingerprint density at radius 1 is 1.31 bits per heavy atom. The van der Waals surface area contributed by atoms with E-state index in [2.05, 4.69) is 32.1 Å². The molecule has 3 atom stereocenters. The number of hydrogen-bond donors (Lipinski definition) is 0. The first-order chi connectivity index (χ1) is 7.70. The normalized spacial score (nSPS) is 31.8. The largest absolute Gasteiger partial charge is 0.322 e. The van der Waals surface area contributed by atoms with E-state index in [-0.39, 0.29) is 0 Å². The van der Waals surface area contributed by atoms with Crippen LogP contribution in [0.25, 0.3) is 0 Å². The predicted molar refractivity (Wildman–Crippen MR) is 71.4 cm³/mol. The van der Waals surface area contributed by atoms with Gasteiger partial charge in [0.15, 0.2) is 0 Å². The van der Waals surface area contributed by atoms with Gasteiger partial charge in [0, 0.05) is 5.66 Å². The van der Waals surface area contributed by atoms with Crippen molar-refractivity contribution in [2.75, 3.05) is 0 Å². The zero-order valence-corrected chi connectivity index (χ0v) is 11.4. The van der Waals surface area contributed by atoms with E-state index in [1.165, 1.54) is 31.0 Å². The van der Waals surface area contributed by atoms with Crippen LogP contribution in [0.4, 0.5) is 0 Å². The van der Waals surface area contributed by atoms with Crippen LogP contribution in [0.1, 0.15) is 46.0 Å². The molecule has 0 aromatic heterocycles. The molecule has 0 aliphatic heterocycles. The summed E-state index contributed by atoms with van der Waals surface area (Å²) in [5.74, 6) is 1.39. The summed E-state index contributed by atoms with van der Waals surface area (Å²) in [6, 6.07) is 0. The lowest BCUT2D eigenvalue weighted by Crippen LogP contribution is -2.26. The van der Waals surface area contributed by atoms with Gasteiger partial charge in [-0.2, -0.15) is 0 Å². The van der Waals surface area contributed by atoms with E-state index in [0.29, 0.717) is 17.5 Å². The van der Waals surface area contributed by atoms with Crippen LogP contribution in [0.3, 0.4) is 0 Å². The highest BCUT2D eigenvalue weighted by molar-refractivity contribution is 7.50. The van der Waals surface area contributed by atoms with Crippen molar-refractivity contribution in [3.8, 4) is 0 Å². The molecule has 2 heteroatoms. The summed E-state index contributed by atoms with van der Waals surface area (Å²) in [5, 5.41) is 1.22. The topological polar surface area (TPSA) is 17.1 Å². The highest BCUT2D eigenvalue weighted by Crippen LogP contribution is 2.51. The molecule has 0 bridgehead atoms. The first-order valence-electron chi connectivity index (χ1n) is 6.60. The molecule has 2 aliphatic rings. The Morgan fingerprint density at radius 2 is 2.06 bits per heavy atom. The highest BCUT2D eigenvalue weighted by Gasteiger charge is 2.32. The molecule has 0 amide bonds. The standard InChI is InChI=1S/C14H23OP/c1-11(2)13-9-5-6-10-14(13)16(15)12-7-3-4-8-12/h3-4,7,11,13-14,16H,5-6,8-10H2,1-2H3/t13-,14+/m0/s1. The Bertz CT molecular complexity index is 328. The number of allylic oxidation sites excluding steroid dienone is 4. The van der Waals surface area contributed by atoms with E-state index in [4.69, 9.17) is 0 Å². The van der Waals surface area contributed by atoms with Crippen molar-refractivity contribution in [2.45, 2.75) is 51.6 Å². The SMILES string of the molecule is CC(C)[C@@H]1CCCC[C@H]1[PH](=O)C1=CC=CC1. The summed E-state index contributed by atoms with van der Waals surface area (Å²) in [6.07, 6.45) is 12.3. The van der Waals surface area contributed by atoms with E-state index >= 15 is 0 Å². The molecule has 0 heterocycles. The second kappa shape index (κ2) is 5.36. The van der Waals surface area contributed by atoms with Gasteiger partial charge in [0.25, 0.3) is 0 Å². The molecule has 0 N–H and O–H groups in total. The van der Waals surface area contributed by atoms with Crippen LogP contribution < -0.4 is 0 Å². The Labute approximate surface area is 99.8 Å². The molecular formula is C14H23OP. The van der Waals surface area contributed by atoms with Gasteiger partial charge in [-0.05, 0) is 36.4 Å². The lowest BCUT2D eigenvalue weighted by atomic mass is 9.81. The van der Waals surface area contributed by atoms with Gasteiger partial charge in [-0.3, -0.25) is 0 Å². The minimum Gasteiger partial charge on any atom is -0.322 e. The summed E-state index contributed by atoms with van der Waals surface area (Å²) in [6.45, 7) is 4.58. The molecule has 90 valence electrons. The van der Waals surface area contributed by atoms with Crippen LogP contribution in [-0.2, 0) is 4.57 Å². The van der Waals surface area contributed by atoms with Crippen molar-refractivity contribution in [3.63, 3.8) is 0 Å². The van der Waals surface area contributed by atoms with Crippen LogP contribution in [0, 0.1) is 11.8 Å². The monoisotopic (exact) mass is 238 g/mol. The molecule has 1 fully saturated rings. The molecular weight excluding hydrogens is 215 g/mol. The maximum atomic E-state index is 12.6. The second-order valence-electron chi connectivity index (χ2n) is 5.49. The van der Waals surface area contributed by atoms with Gasteiger partial charge in [-0.25, -0.2) is 0 Å². The Morgan fingerprint density at radius 3 is 2.69 bits per heavy atom. The van der Waals surface area contributed by atoms with Crippen LogP contribution in [0.5, 0.6) is 0 Å². The van der Waals surface area contributed by atoms with Crippen LogP contribution >= 0.6 is 7.80 Å². The summed E-state index contributed by atoms with van der Waals surface area (Å²) in [4.78, 5) is 0. The summed E-state index contributed by atoms with van der Waals surface area (Å²) in [7, 11) is -1.51. The maximum absolute atomic E-state index is 12.6. The van der Waals surface area contributed by atoms with Gasteiger partial charge in [-0.15, -0.1) is 0 Å². The van der Waals surface area contributed by atoms with Crippen LogP contribution in [-0.4, -0.2) is 5.66 Å². The fourth-order valence-corrected chi connectivity index (χ4v) is 5.61. The molecule has 0 aromatic rings. The lowest BCUT2D eigenvalue weighted by molar-refractivity contribution is 0.283. The third-order valence-corrected chi connectivity index (χ3v) is 6.49. The van der Waals surface area contributed by atoms with Gasteiger partial charge < -0.3 is 4.57 Å². The third kappa shape index (κ3) is 2.51. The van der Waals surface area contributed by atoms with Gasteiger partial charge >= 0.3 is 0 Å². The summed E-state index contributed by atoms with van der Waals surface area (Å²) >= 11 is 0. The predicted octanol–water partition coefficient (Wildman–Crippen LogP) is 4.60. The maximum Gasteiger partial charge on any atom is 0.103 e. The minimum absolute atomic E-state index is 0.491. The molecule has 0 saturated heterocycles. The van der Waals surface area contributed by atoms with Gasteiger partial charge in [0.05, 0.1) is 0 Å². The van der Waals surface area contributed by atoms with Crippen molar-refractivity contribution in [3.05, 3.63) is 23.5 Å². The zero-order chi connectivity index (χ0) is 11.5. The molecule has 0 spiro atoms. The van der Waals surface area contributed by atoms with Crippen molar-refractivity contribution in [2.24, 2.45) is 11.8 Å². The van der Waals surface area contributed by atoms with Crippen LogP contribution in [0.15, 0.2) is 23.5 Å². The lowest BCUT2D eigenvalue weighted by Gasteiger charge is -2.34. The molecule has 0 aromatic carbocycles. The summed E-state index contributed by atoms with van der Waals surface area (Å²) < 4.78 is 12.6. The molecule has 2 aliphatic carbocycles. The first kappa shape index (κ1) is 12.2. The fourth-order valence-electron chi connectivity index (χ4n) is 3.15. The van der Waals surface area contributed by atoms with E-state index in [1.54, 1.807) is 0 Å². The van der Waals surface area contributed by atoms with Crippen molar-refractivity contribution in [1.82, 2.24) is 0 Å². The quantitative estimate of drug-likeness (QED) is 0.656. The van der Waals surface area contributed by atoms with Gasteiger partial charge in [0.1, 0.15) is 7.80 Å². The van der Waals surface area contributed by atoms with Crippen molar-refractivity contribution in [1.29, 1.82) is 0 Å². The average Bonchev–Trinajstić information content (AvgIpc) is 2.81. The van der Waals surface area contributed by atoms with E-state index < -0.39 is 7.80 Å². The molecule has 0 radical (unpaired) electrons. The smallest absolute Gasteiger partial charge is 0.103 e. The average molecular weight is 238 g/mol. The van der Waals surface area contributed by atoms with Crippen molar-refractivity contribution >= 4 is 7.80 Å². The minimum atomic E-state index is -1.51. The Hall–Kier alpha value is -0.290. The first-order valence-corrected chi connectivity index (χ1v) is 8.08. The number of hydrogen-bond acceptors (Lipinski definition) is 1. The molecule has 1 saturated carbocycles. The fraction of sp³-hybridized carbons (Fsp3) is 0.714. The molecule has 16 heavy (non-hydrogen) atoms. The van der Waals surface area contributed by atoms with Gasteiger partial charge in [0.2, 0.25) is 0 Å². The summed E-state index contributed by atoms with van der Waals surface area (Å²) in [5.41, 5.74) is 0.491. The molecule has 2 rings (SSSR count). The third-order valence-electron chi connectivity index (χ3n) is 4.10. The van der Waals surface area contributed by atoms with Gasteiger partial charge in [-0.1, -0.05) is 44.9 Å². The number of rotatable bonds is 3. The van der Waals surface area contributed by atoms with E-state index in [0.717, 1.165) is 6.42 Å².